The first kappa shape index (κ1) is 14.0. The fourth-order valence-corrected chi connectivity index (χ4v) is 2.41. The van der Waals surface area contributed by atoms with E-state index in [4.69, 9.17) is 16.3 Å². The highest BCUT2D eigenvalue weighted by Crippen LogP contribution is 2.15. The minimum Gasteiger partial charge on any atom is -0.376 e. The summed E-state index contributed by atoms with van der Waals surface area (Å²) in [4.78, 5) is 16.0. The molecule has 21 heavy (non-hydrogen) atoms. The van der Waals surface area contributed by atoms with Crippen molar-refractivity contribution in [1.29, 1.82) is 0 Å². The molecule has 0 bridgehead atoms. The van der Waals surface area contributed by atoms with Crippen molar-refractivity contribution in [2.45, 2.75) is 25.5 Å². The number of ether oxygens (including phenoxy) is 1. The number of halogens is 1. The van der Waals surface area contributed by atoms with Crippen LogP contribution in [0, 0.1) is 0 Å². The van der Waals surface area contributed by atoms with Crippen LogP contribution in [0.15, 0.2) is 30.7 Å². The minimum atomic E-state index is -0.311. The third kappa shape index (κ3) is 3.59. The zero-order valence-electron chi connectivity index (χ0n) is 11.3. The monoisotopic (exact) mass is 306 g/mol. The molecule has 1 aliphatic rings. The SMILES string of the molecule is O=C(Nc1cnn(CC2CCCO2)c1)c1cc(Cl)ccn1. The van der Waals surface area contributed by atoms with E-state index in [9.17, 15) is 4.79 Å². The second kappa shape index (κ2) is 6.24. The molecule has 1 aliphatic heterocycles. The van der Waals surface area contributed by atoms with E-state index < -0.39 is 0 Å². The van der Waals surface area contributed by atoms with Crippen LogP contribution in [0.3, 0.4) is 0 Å². The number of amides is 1. The number of carbonyl (C=O) groups excluding carboxylic acids is 1. The van der Waals surface area contributed by atoms with Crippen LogP contribution in [0.1, 0.15) is 23.3 Å². The quantitative estimate of drug-likeness (QED) is 0.941. The lowest BCUT2D eigenvalue weighted by molar-refractivity contribution is 0.0940. The molecule has 1 N–H and O–H groups in total. The molecular weight excluding hydrogens is 292 g/mol. The van der Waals surface area contributed by atoms with Gasteiger partial charge in [-0.1, -0.05) is 11.6 Å². The Balaban J connectivity index is 1.62. The largest absolute Gasteiger partial charge is 0.376 e. The van der Waals surface area contributed by atoms with Crippen LogP contribution in [0.25, 0.3) is 0 Å². The van der Waals surface area contributed by atoms with Gasteiger partial charge < -0.3 is 10.1 Å². The molecule has 0 spiro atoms. The van der Waals surface area contributed by atoms with Gasteiger partial charge in [0.1, 0.15) is 5.69 Å². The summed E-state index contributed by atoms with van der Waals surface area (Å²) in [7, 11) is 0. The Morgan fingerprint density at radius 2 is 2.48 bits per heavy atom. The highest BCUT2D eigenvalue weighted by atomic mass is 35.5. The molecular formula is C14H15ClN4O2. The second-order valence-electron chi connectivity index (χ2n) is 4.90. The third-order valence-corrected chi connectivity index (χ3v) is 3.50. The van der Waals surface area contributed by atoms with E-state index in [0.717, 1.165) is 19.4 Å². The Morgan fingerprint density at radius 3 is 3.24 bits per heavy atom. The Bertz CT molecular complexity index is 637. The maximum Gasteiger partial charge on any atom is 0.274 e. The predicted octanol–water partition coefficient (Wildman–Crippen LogP) is 2.36. The minimum absolute atomic E-state index is 0.211. The fraction of sp³-hybridized carbons (Fsp3) is 0.357. The average Bonchev–Trinajstić information content (AvgIpc) is 3.11. The normalized spacial score (nSPS) is 17.9. The summed E-state index contributed by atoms with van der Waals surface area (Å²) < 4.78 is 7.33. The number of rotatable bonds is 4. The van der Waals surface area contributed by atoms with E-state index in [2.05, 4.69) is 15.4 Å². The summed E-state index contributed by atoms with van der Waals surface area (Å²) in [5.41, 5.74) is 0.897. The molecule has 3 rings (SSSR count). The number of nitrogens with one attached hydrogen (secondary N) is 1. The number of nitrogens with zero attached hydrogens (tertiary/aromatic N) is 3. The molecule has 1 fully saturated rings. The highest BCUT2D eigenvalue weighted by Gasteiger charge is 2.16. The van der Waals surface area contributed by atoms with Crippen molar-refractivity contribution < 1.29 is 9.53 Å². The number of hydrogen-bond donors (Lipinski definition) is 1. The first-order valence-corrected chi connectivity index (χ1v) is 7.15. The van der Waals surface area contributed by atoms with Crippen molar-refractivity contribution in [3.63, 3.8) is 0 Å². The van der Waals surface area contributed by atoms with E-state index in [0.29, 0.717) is 17.3 Å². The highest BCUT2D eigenvalue weighted by molar-refractivity contribution is 6.30. The molecule has 1 amide bonds. The number of carbonyl (C=O) groups is 1. The Hall–Kier alpha value is -1.92. The summed E-state index contributed by atoms with van der Waals surface area (Å²) >= 11 is 5.84. The Morgan fingerprint density at radius 1 is 1.57 bits per heavy atom. The molecule has 1 unspecified atom stereocenters. The lowest BCUT2D eigenvalue weighted by Crippen LogP contribution is -2.15. The smallest absolute Gasteiger partial charge is 0.274 e. The maximum absolute atomic E-state index is 12.0. The standard InChI is InChI=1S/C14H15ClN4O2/c15-10-3-4-16-13(6-10)14(20)18-11-7-17-19(8-11)9-12-2-1-5-21-12/h3-4,6-8,12H,1-2,5,9H2,(H,18,20). The van der Waals surface area contributed by atoms with Crippen LogP contribution in [0.4, 0.5) is 5.69 Å². The lowest BCUT2D eigenvalue weighted by Gasteiger charge is -2.08. The summed E-state index contributed by atoms with van der Waals surface area (Å²) in [6.07, 6.45) is 7.24. The molecule has 0 saturated carbocycles. The van der Waals surface area contributed by atoms with Gasteiger partial charge in [-0.25, -0.2) is 0 Å². The number of hydrogen-bond acceptors (Lipinski definition) is 4. The molecule has 0 aliphatic carbocycles. The van der Waals surface area contributed by atoms with Crippen LogP contribution in [0.5, 0.6) is 0 Å². The second-order valence-corrected chi connectivity index (χ2v) is 5.34. The molecule has 2 aromatic heterocycles. The van der Waals surface area contributed by atoms with Gasteiger partial charge in [0.15, 0.2) is 0 Å². The number of pyridine rings is 1. The molecule has 7 heteroatoms. The van der Waals surface area contributed by atoms with Gasteiger partial charge in [-0.2, -0.15) is 5.10 Å². The zero-order valence-corrected chi connectivity index (χ0v) is 12.1. The molecule has 0 radical (unpaired) electrons. The van der Waals surface area contributed by atoms with Crippen LogP contribution < -0.4 is 5.32 Å². The van der Waals surface area contributed by atoms with Crippen molar-refractivity contribution in [1.82, 2.24) is 14.8 Å². The van der Waals surface area contributed by atoms with Crippen LogP contribution >= 0.6 is 11.6 Å². The molecule has 6 nitrogen and oxygen atoms in total. The predicted molar refractivity (Wildman–Crippen MR) is 78.4 cm³/mol. The molecule has 3 heterocycles. The van der Waals surface area contributed by atoms with Crippen molar-refractivity contribution in [3.8, 4) is 0 Å². The van der Waals surface area contributed by atoms with Crippen LogP contribution in [-0.2, 0) is 11.3 Å². The third-order valence-electron chi connectivity index (χ3n) is 3.26. The van der Waals surface area contributed by atoms with Gasteiger partial charge in [0, 0.05) is 24.0 Å². The van der Waals surface area contributed by atoms with Crippen LogP contribution in [0.2, 0.25) is 5.02 Å². The molecule has 1 saturated heterocycles. The van der Waals surface area contributed by atoms with Gasteiger partial charge in [0.05, 0.1) is 24.5 Å². The fourth-order valence-electron chi connectivity index (χ4n) is 2.25. The average molecular weight is 307 g/mol. The van der Waals surface area contributed by atoms with Gasteiger partial charge in [-0.3, -0.25) is 14.5 Å². The van der Waals surface area contributed by atoms with Gasteiger partial charge >= 0.3 is 0 Å². The van der Waals surface area contributed by atoms with Gasteiger partial charge in [-0.15, -0.1) is 0 Å². The van der Waals surface area contributed by atoms with Crippen LogP contribution in [-0.4, -0.2) is 33.4 Å². The summed E-state index contributed by atoms with van der Waals surface area (Å²) in [6.45, 7) is 1.52. The number of anilines is 1. The zero-order chi connectivity index (χ0) is 14.7. The molecule has 2 aromatic rings. The first-order valence-electron chi connectivity index (χ1n) is 6.78. The summed E-state index contributed by atoms with van der Waals surface area (Å²) in [5, 5.41) is 7.44. The summed E-state index contributed by atoms with van der Waals surface area (Å²) in [5.74, 6) is -0.311. The maximum atomic E-state index is 12.0. The number of aromatic nitrogens is 3. The first-order chi connectivity index (χ1) is 10.2. The molecule has 1 atom stereocenters. The lowest BCUT2D eigenvalue weighted by atomic mass is 10.2. The molecule has 0 aromatic carbocycles. The van der Waals surface area contributed by atoms with Crippen molar-refractivity contribution >= 4 is 23.2 Å². The topological polar surface area (TPSA) is 69.0 Å². The Labute approximate surface area is 127 Å². The van der Waals surface area contributed by atoms with Gasteiger partial charge in [-0.05, 0) is 25.0 Å². The van der Waals surface area contributed by atoms with Crippen molar-refractivity contribution in [2.24, 2.45) is 0 Å². The van der Waals surface area contributed by atoms with Crippen molar-refractivity contribution in [3.05, 3.63) is 41.4 Å². The summed E-state index contributed by atoms with van der Waals surface area (Å²) in [6, 6.07) is 3.14. The van der Waals surface area contributed by atoms with Gasteiger partial charge in [0.2, 0.25) is 0 Å². The van der Waals surface area contributed by atoms with E-state index in [-0.39, 0.29) is 17.7 Å². The van der Waals surface area contributed by atoms with E-state index in [1.54, 1.807) is 23.1 Å². The van der Waals surface area contributed by atoms with E-state index >= 15 is 0 Å². The molecule has 110 valence electrons. The van der Waals surface area contributed by atoms with E-state index in [1.807, 2.05) is 0 Å². The van der Waals surface area contributed by atoms with Crippen molar-refractivity contribution in [2.75, 3.05) is 11.9 Å². The Kier molecular flexibility index (Phi) is 4.17. The van der Waals surface area contributed by atoms with Gasteiger partial charge in [0.25, 0.3) is 5.91 Å². The van der Waals surface area contributed by atoms with E-state index in [1.165, 1.54) is 12.3 Å².